The van der Waals surface area contributed by atoms with Crippen molar-refractivity contribution in [3.8, 4) is 0 Å². The summed E-state index contributed by atoms with van der Waals surface area (Å²) in [6.07, 6.45) is 0.609. The van der Waals surface area contributed by atoms with Crippen molar-refractivity contribution < 1.29 is 18.7 Å². The Bertz CT molecular complexity index is 477. The van der Waals surface area contributed by atoms with Gasteiger partial charge in [-0.1, -0.05) is 0 Å². The van der Waals surface area contributed by atoms with Crippen molar-refractivity contribution in [2.45, 2.75) is 6.92 Å². The Morgan fingerprint density at radius 1 is 1.60 bits per heavy atom. The fraction of sp³-hybridized carbons (Fsp3) is 0.200. The molecule has 0 aliphatic heterocycles. The van der Waals surface area contributed by atoms with Gasteiger partial charge in [-0.15, -0.1) is 0 Å². The second-order valence-electron chi connectivity index (χ2n) is 2.95. The molecule has 2 rings (SSSR count). The normalized spacial score (nSPS) is 10.5. The minimum Gasteiger partial charge on any atom is -0.461 e. The molecule has 0 unspecified atom stereocenters. The molecule has 0 aromatic carbocycles. The summed E-state index contributed by atoms with van der Waals surface area (Å²) in [4.78, 5) is 24.4. The summed E-state index contributed by atoms with van der Waals surface area (Å²) in [5.74, 6) is -0.205. The summed E-state index contributed by atoms with van der Waals surface area (Å²) in [6, 6.07) is 3.14. The number of aromatic nitrogens is 1. The van der Waals surface area contributed by atoms with Crippen LogP contribution in [0, 0.1) is 0 Å². The van der Waals surface area contributed by atoms with Gasteiger partial charge in [-0.3, -0.25) is 4.79 Å². The van der Waals surface area contributed by atoms with E-state index in [0.717, 1.165) is 0 Å². The first-order valence-corrected chi connectivity index (χ1v) is 4.49. The molecule has 78 valence electrons. The molecular formula is C10H9NO4. The van der Waals surface area contributed by atoms with E-state index in [0.29, 0.717) is 29.7 Å². The molecule has 2 aromatic heterocycles. The predicted octanol–water partition coefficient (Wildman–Crippen LogP) is 1.75. The highest BCUT2D eigenvalue weighted by atomic mass is 16.5. The zero-order valence-electron chi connectivity index (χ0n) is 8.07. The number of aromatic amines is 1. The average molecular weight is 207 g/mol. The quantitative estimate of drug-likeness (QED) is 0.614. The standard InChI is InChI=1S/C10H9NO4/c1-2-14-10(13)8-4-6-3-7(5-12)15-9(6)11-8/h3-5,11H,2H2,1H3. The van der Waals surface area contributed by atoms with Gasteiger partial charge in [0.1, 0.15) is 5.69 Å². The highest BCUT2D eigenvalue weighted by Crippen LogP contribution is 2.19. The van der Waals surface area contributed by atoms with Gasteiger partial charge in [0.05, 0.1) is 6.61 Å². The topological polar surface area (TPSA) is 72.3 Å². The number of fused-ring (bicyclic) bond motifs is 1. The smallest absolute Gasteiger partial charge is 0.354 e. The molecule has 0 aliphatic carbocycles. The largest absolute Gasteiger partial charge is 0.461 e. The van der Waals surface area contributed by atoms with E-state index in [-0.39, 0.29) is 5.76 Å². The number of nitrogens with one attached hydrogen (secondary N) is 1. The number of rotatable bonds is 3. The number of hydrogen-bond donors (Lipinski definition) is 1. The fourth-order valence-electron chi connectivity index (χ4n) is 1.32. The van der Waals surface area contributed by atoms with E-state index in [1.54, 1.807) is 19.1 Å². The number of hydrogen-bond acceptors (Lipinski definition) is 4. The molecule has 15 heavy (non-hydrogen) atoms. The van der Waals surface area contributed by atoms with Gasteiger partial charge in [0.25, 0.3) is 0 Å². The summed E-state index contributed by atoms with van der Waals surface area (Å²) in [6.45, 7) is 2.05. The number of ether oxygens (including phenoxy) is 1. The third kappa shape index (κ3) is 1.63. The molecule has 0 aliphatic rings. The summed E-state index contributed by atoms with van der Waals surface area (Å²) < 4.78 is 9.90. The van der Waals surface area contributed by atoms with Gasteiger partial charge in [0.2, 0.25) is 5.71 Å². The maximum absolute atomic E-state index is 11.3. The third-order valence-electron chi connectivity index (χ3n) is 1.94. The summed E-state index contributed by atoms with van der Waals surface area (Å²) >= 11 is 0. The van der Waals surface area contributed by atoms with Crippen molar-refractivity contribution in [2.75, 3.05) is 6.61 Å². The van der Waals surface area contributed by atoms with Crippen LogP contribution in [0.1, 0.15) is 28.0 Å². The number of furan rings is 1. The Labute approximate surface area is 85.0 Å². The second kappa shape index (κ2) is 3.61. The molecule has 5 heteroatoms. The molecular weight excluding hydrogens is 198 g/mol. The Morgan fingerprint density at radius 2 is 2.40 bits per heavy atom. The monoisotopic (exact) mass is 207 g/mol. The van der Waals surface area contributed by atoms with Gasteiger partial charge in [0.15, 0.2) is 12.0 Å². The zero-order chi connectivity index (χ0) is 10.8. The first-order chi connectivity index (χ1) is 7.24. The van der Waals surface area contributed by atoms with Crippen LogP contribution in [0.4, 0.5) is 0 Å². The summed E-state index contributed by atoms with van der Waals surface area (Å²) in [5, 5.41) is 0.681. The van der Waals surface area contributed by atoms with E-state index in [1.165, 1.54) is 0 Å². The van der Waals surface area contributed by atoms with E-state index in [2.05, 4.69) is 4.98 Å². The van der Waals surface area contributed by atoms with E-state index < -0.39 is 5.97 Å². The van der Waals surface area contributed by atoms with Crippen molar-refractivity contribution in [2.24, 2.45) is 0 Å². The molecule has 0 fully saturated rings. The molecule has 2 aromatic rings. The van der Waals surface area contributed by atoms with Crippen molar-refractivity contribution in [1.82, 2.24) is 4.98 Å². The minimum absolute atomic E-state index is 0.228. The van der Waals surface area contributed by atoms with Crippen LogP contribution in [-0.4, -0.2) is 23.8 Å². The van der Waals surface area contributed by atoms with Crippen LogP contribution >= 0.6 is 0 Å². The van der Waals surface area contributed by atoms with Gasteiger partial charge in [-0.05, 0) is 19.1 Å². The Kier molecular flexibility index (Phi) is 2.29. The Hall–Kier alpha value is -2.04. The third-order valence-corrected chi connectivity index (χ3v) is 1.94. The average Bonchev–Trinajstić information content (AvgIpc) is 2.74. The van der Waals surface area contributed by atoms with Crippen LogP contribution < -0.4 is 0 Å². The molecule has 2 heterocycles. The van der Waals surface area contributed by atoms with E-state index >= 15 is 0 Å². The van der Waals surface area contributed by atoms with Crippen molar-refractivity contribution in [1.29, 1.82) is 0 Å². The highest BCUT2D eigenvalue weighted by Gasteiger charge is 2.13. The van der Waals surface area contributed by atoms with Crippen LogP contribution in [0.2, 0.25) is 0 Å². The predicted molar refractivity (Wildman–Crippen MR) is 51.9 cm³/mol. The number of aldehydes is 1. The summed E-state index contributed by atoms with van der Waals surface area (Å²) in [5.41, 5.74) is 0.725. The van der Waals surface area contributed by atoms with Crippen molar-refractivity contribution in [3.63, 3.8) is 0 Å². The molecule has 0 saturated heterocycles. The van der Waals surface area contributed by atoms with Crippen molar-refractivity contribution >= 4 is 23.4 Å². The molecule has 0 spiro atoms. The lowest BCUT2D eigenvalue weighted by molar-refractivity contribution is 0.0520. The van der Waals surface area contributed by atoms with Gasteiger partial charge in [-0.25, -0.2) is 4.79 Å². The van der Waals surface area contributed by atoms with Gasteiger partial charge >= 0.3 is 5.97 Å². The van der Waals surface area contributed by atoms with E-state index in [4.69, 9.17) is 9.15 Å². The molecule has 0 radical (unpaired) electrons. The van der Waals surface area contributed by atoms with E-state index in [1.807, 2.05) is 0 Å². The van der Waals surface area contributed by atoms with Gasteiger partial charge in [0, 0.05) is 5.39 Å². The second-order valence-corrected chi connectivity index (χ2v) is 2.95. The minimum atomic E-state index is -0.434. The summed E-state index contributed by atoms with van der Waals surface area (Å²) in [7, 11) is 0. The van der Waals surface area contributed by atoms with Crippen LogP contribution in [-0.2, 0) is 4.74 Å². The maximum atomic E-state index is 11.3. The number of H-pyrrole nitrogens is 1. The Balaban J connectivity index is 2.36. The Morgan fingerprint density at radius 3 is 3.00 bits per heavy atom. The molecule has 1 N–H and O–H groups in total. The molecule has 0 bridgehead atoms. The highest BCUT2D eigenvalue weighted by molar-refractivity contribution is 5.94. The van der Waals surface area contributed by atoms with Gasteiger partial charge < -0.3 is 14.1 Å². The molecule has 0 saturated carbocycles. The molecule has 5 nitrogen and oxygen atoms in total. The zero-order valence-corrected chi connectivity index (χ0v) is 8.07. The first-order valence-electron chi connectivity index (χ1n) is 4.49. The fourth-order valence-corrected chi connectivity index (χ4v) is 1.32. The van der Waals surface area contributed by atoms with Crippen LogP contribution in [0.5, 0.6) is 0 Å². The van der Waals surface area contributed by atoms with Gasteiger partial charge in [-0.2, -0.15) is 0 Å². The van der Waals surface area contributed by atoms with E-state index in [9.17, 15) is 9.59 Å². The lowest BCUT2D eigenvalue weighted by Crippen LogP contribution is -2.04. The number of carbonyl (C=O) groups is 2. The first kappa shape index (κ1) is 9.51. The maximum Gasteiger partial charge on any atom is 0.354 e. The lowest BCUT2D eigenvalue weighted by Gasteiger charge is -1.96. The van der Waals surface area contributed by atoms with Crippen LogP contribution in [0.15, 0.2) is 16.5 Å². The van der Waals surface area contributed by atoms with Crippen molar-refractivity contribution in [3.05, 3.63) is 23.6 Å². The lowest BCUT2D eigenvalue weighted by atomic mass is 10.3. The number of esters is 1. The molecule has 0 atom stereocenters. The van der Waals surface area contributed by atoms with Crippen LogP contribution in [0.25, 0.3) is 11.1 Å². The SMILES string of the molecule is CCOC(=O)c1cc2cc(C=O)oc2[nH]1. The number of carbonyl (C=O) groups excluding carboxylic acids is 2. The van der Waals surface area contributed by atoms with Crippen LogP contribution in [0.3, 0.4) is 0 Å². The molecule has 0 amide bonds.